The minimum Gasteiger partial charge on any atom is -0.502 e. The summed E-state index contributed by atoms with van der Waals surface area (Å²) in [7, 11) is -30.1. The molecule has 28 heteroatoms. The van der Waals surface area contributed by atoms with Crippen LogP contribution in [0.15, 0.2) is 267 Å². The van der Waals surface area contributed by atoms with Crippen LogP contribution in [0, 0.1) is 27.7 Å². The molecule has 0 saturated heterocycles. The number of hydrogen-bond acceptors (Lipinski definition) is 16. The van der Waals surface area contributed by atoms with Gasteiger partial charge in [-0.25, -0.2) is 0 Å². The van der Waals surface area contributed by atoms with Crippen molar-refractivity contribution in [3.63, 3.8) is 0 Å². The average molecular weight is 1990 g/mol. The molecule has 0 aromatic heterocycles. The lowest BCUT2D eigenvalue weighted by atomic mass is 9.70. The third-order valence-corrected chi connectivity index (χ3v) is 55.8. The van der Waals surface area contributed by atoms with Crippen LogP contribution in [-0.4, -0.2) is 102 Å². The lowest BCUT2D eigenvalue weighted by Gasteiger charge is -2.37. The van der Waals surface area contributed by atoms with E-state index in [0.717, 1.165) is 135 Å². The van der Waals surface area contributed by atoms with Crippen LogP contribution in [0.2, 0.25) is 183 Å². The molecule has 1 spiro atoms. The summed E-state index contributed by atoms with van der Waals surface area (Å²) in [5, 5.41) is 0. The Morgan fingerprint density at radius 3 is 0.429 bits per heavy atom. The Kier molecular flexibility index (Phi) is 28.4. The van der Waals surface area contributed by atoms with Crippen LogP contribution < -0.4 is 37.3 Å². The molecule has 12 aromatic rings. The molecule has 133 heavy (non-hydrogen) atoms. The van der Waals surface area contributed by atoms with Gasteiger partial charge in [-0.2, -0.15) is 0 Å². The van der Waals surface area contributed by atoms with Crippen LogP contribution in [0.25, 0.3) is 22.3 Å². The number of benzene rings is 12. The monoisotopic (exact) mass is 1980 g/mol. The Morgan fingerprint density at radius 1 is 0.165 bits per heavy atom. The maximum Gasteiger partial charge on any atom is 0.541 e. The fraction of sp³-hybridized carbons (Fsp3) is 0.314. The lowest BCUT2D eigenvalue weighted by molar-refractivity contribution is 0.264. The molecule has 2 aliphatic rings. The quantitative estimate of drug-likeness (QED) is 0.0346. The fourth-order valence-electron chi connectivity index (χ4n) is 18.5. The molecule has 12 aromatic carbocycles. The predicted octanol–water partition coefficient (Wildman–Crippen LogP) is 31.7. The number of fused-ring (bicyclic) bond motifs is 10. The molecule has 0 fully saturated rings. The number of anilines is 12. The van der Waals surface area contributed by atoms with Gasteiger partial charge >= 0.3 is 35.2 Å². The average Bonchev–Trinajstić information content (AvgIpc) is 1.50. The molecule has 0 unspecified atom stereocenters. The van der Waals surface area contributed by atoms with Gasteiger partial charge in [0.1, 0.15) is 23.0 Å². The highest BCUT2D eigenvalue weighted by Gasteiger charge is 2.55. The van der Waals surface area contributed by atoms with Crippen molar-refractivity contribution in [2.45, 2.75) is 216 Å². The van der Waals surface area contributed by atoms with Gasteiger partial charge in [0.2, 0.25) is 0 Å². The summed E-state index contributed by atoms with van der Waals surface area (Å²) in [5.74, 6) is 2.76. The van der Waals surface area contributed by atoms with Gasteiger partial charge in [-0.05, 0) is 423 Å². The first-order chi connectivity index (χ1) is 61.8. The summed E-state index contributed by atoms with van der Waals surface area (Å²) in [5.41, 5.74) is 24.0. The number of aryl methyl sites for hydroxylation is 4. The topological polar surface area (TPSA) is 124 Å². The summed E-state index contributed by atoms with van der Waals surface area (Å²) in [4.78, 5) is 9.58. The van der Waals surface area contributed by atoms with E-state index < -0.39 is 107 Å². The summed E-state index contributed by atoms with van der Waals surface area (Å²) in [6, 6.07) is 98.4. The van der Waals surface area contributed by atoms with E-state index in [9.17, 15) is 0 Å². The molecule has 0 atom stereocenters. The molecular formula is C105H140N4O12Si12. The van der Waals surface area contributed by atoms with E-state index in [1.165, 1.54) is 0 Å². The highest BCUT2D eigenvalue weighted by Crippen LogP contribution is 2.66. The second-order valence-corrected chi connectivity index (χ2v) is 91.9. The van der Waals surface area contributed by atoms with E-state index in [1.54, 1.807) is 0 Å². The van der Waals surface area contributed by atoms with Crippen molar-refractivity contribution in [3.05, 3.63) is 311 Å². The van der Waals surface area contributed by atoms with Crippen LogP contribution in [0.3, 0.4) is 0 Å². The number of hydrogen-bond donors (Lipinski definition) is 0. The first-order valence-corrected chi connectivity index (χ1v) is 82.8. The Morgan fingerprint density at radius 2 is 0.293 bits per heavy atom. The molecule has 0 amide bonds. The third-order valence-electron chi connectivity index (χ3n) is 21.9. The Hall–Kier alpha value is -8.68. The summed E-state index contributed by atoms with van der Waals surface area (Å²) < 4.78 is 83.9. The van der Waals surface area contributed by atoms with E-state index >= 15 is 0 Å². The molecule has 0 radical (unpaired) electrons. The second-order valence-electron chi connectivity index (χ2n) is 43.9. The normalized spacial score (nSPS) is 13.7. The molecule has 0 saturated carbocycles. The molecule has 16 nitrogen and oxygen atoms in total. The predicted molar refractivity (Wildman–Crippen MR) is 585 cm³/mol. The van der Waals surface area contributed by atoms with Gasteiger partial charge < -0.3 is 70.2 Å². The van der Waals surface area contributed by atoms with E-state index in [4.69, 9.17) is 50.6 Å². The summed E-state index contributed by atoms with van der Waals surface area (Å²) in [6.07, 6.45) is 0. The van der Waals surface area contributed by atoms with Gasteiger partial charge in [0.05, 0.1) is 5.41 Å². The zero-order chi connectivity index (χ0) is 96.6. The molecule has 700 valence electrons. The highest BCUT2D eigenvalue weighted by molar-refractivity contribution is 6.88. The summed E-state index contributed by atoms with van der Waals surface area (Å²) >= 11 is 0. The molecule has 0 N–H and O–H groups in total. The lowest BCUT2D eigenvalue weighted by Crippen LogP contribution is -2.56. The van der Waals surface area contributed by atoms with Gasteiger partial charge in [0.15, 0.2) is 66.5 Å². The molecule has 14 rings (SSSR count). The smallest absolute Gasteiger partial charge is 0.502 e. The van der Waals surface area contributed by atoms with Gasteiger partial charge in [0, 0.05) is 94.4 Å². The van der Waals surface area contributed by atoms with E-state index in [-0.39, 0.29) is 0 Å². The molecule has 2 aliphatic carbocycles. The molecular weight excluding hydrogens is 1850 g/mol. The standard InChI is InChI=1S/C105H140N4O12Si12/c1-77-33-41-81(42-34-77)106(85-49-61-93(62-50-85)110-130(29,114-122(5,6)7)115-123(8,9)10)89-57-69-97-98-70-58-90(107(82-43-35-78(2)36-44-82)86-51-63-94(64-52-86)111-131(30,116-124(11,12)13)117-125(14,15)16)74-102(98)105(101(97)73-89)103-75-91(108(83-45-37-79(3)38-46-83)87-53-65-95(66-54-87)112-132(31,118-126(17,18)19)119-127(20,21)22)59-71-99(103)100-72-60-92(76-104(100)105)109(84-47-39-80(4)40-48-84)88-55-67-96(68-56-88)113-133(32,120-128(23,24)25)121-129(26,27)28/h33-76H,1-32H3. The van der Waals surface area contributed by atoms with Crippen molar-refractivity contribution in [2.24, 2.45) is 0 Å². The van der Waals surface area contributed by atoms with Crippen molar-refractivity contribution >= 4 is 170 Å². The largest absolute Gasteiger partial charge is 0.541 e. The first kappa shape index (κ1) is 100. The maximum absolute atomic E-state index is 7.06. The second kappa shape index (κ2) is 37.7. The minimum atomic E-state index is -3.22. The van der Waals surface area contributed by atoms with Gasteiger partial charge in [-0.3, -0.25) is 0 Å². The van der Waals surface area contributed by atoms with Crippen molar-refractivity contribution < 1.29 is 50.6 Å². The Labute approximate surface area is 807 Å². The van der Waals surface area contributed by atoms with Gasteiger partial charge in [0.25, 0.3) is 0 Å². The highest BCUT2D eigenvalue weighted by atomic mass is 28.5. The van der Waals surface area contributed by atoms with E-state index in [1.807, 2.05) is 0 Å². The first-order valence-electron chi connectivity index (χ1n) is 46.6. The zero-order valence-corrected chi connectivity index (χ0v) is 96.6. The van der Waals surface area contributed by atoms with Crippen LogP contribution >= 0.6 is 0 Å². The van der Waals surface area contributed by atoms with Crippen LogP contribution in [0.1, 0.15) is 44.5 Å². The summed E-state index contributed by atoms with van der Waals surface area (Å²) in [6.45, 7) is 69.7. The van der Waals surface area contributed by atoms with Crippen molar-refractivity contribution in [1.82, 2.24) is 0 Å². The van der Waals surface area contributed by atoms with E-state index in [0.29, 0.717) is 23.0 Å². The van der Waals surface area contributed by atoms with Gasteiger partial charge in [-0.15, -0.1) is 0 Å². The third kappa shape index (κ3) is 24.7. The van der Waals surface area contributed by atoms with Crippen molar-refractivity contribution in [3.8, 4) is 45.3 Å². The Balaban J connectivity index is 1.06. The van der Waals surface area contributed by atoms with Gasteiger partial charge in [-0.1, -0.05) is 95.1 Å². The van der Waals surface area contributed by atoms with E-state index in [2.05, 4.69) is 498 Å². The number of nitrogens with zero attached hydrogens (tertiary/aromatic N) is 4. The number of rotatable bonds is 36. The SMILES string of the molecule is Cc1ccc(N(c2ccc(O[Si](C)(O[Si](C)(C)C)O[Si](C)(C)C)cc2)c2ccc3c(c2)C2(c4cc(N(c5ccc(C)cc5)c5ccc(O[Si](C)(O[Si](C)(C)C)O[Si](C)(C)C)cc5)ccc4-3)c3cc(N(c4ccc(C)cc4)c4ccc(O[Si](C)(O[Si](C)(C)C)O[Si](C)(C)C)cc4)ccc3-c3ccc(N(c4ccc(C)cc4)c4ccc(O[Si](C)(O[Si](C)(C)C)O[Si](C)(C)C)cc4)cc32)cc1. The Bertz CT molecular complexity index is 5310. The maximum atomic E-state index is 7.06. The van der Waals surface area contributed by atoms with Crippen molar-refractivity contribution in [1.29, 1.82) is 0 Å². The van der Waals surface area contributed by atoms with Crippen LogP contribution in [-0.2, 0) is 38.3 Å². The van der Waals surface area contributed by atoms with Crippen LogP contribution in [0.4, 0.5) is 68.2 Å². The fourth-order valence-corrected chi connectivity index (χ4v) is 59.9. The molecule has 0 bridgehead atoms. The molecule has 0 aliphatic heterocycles. The van der Waals surface area contributed by atoms with Crippen molar-refractivity contribution in [2.75, 3.05) is 19.6 Å². The van der Waals surface area contributed by atoms with Crippen LogP contribution in [0.5, 0.6) is 23.0 Å². The zero-order valence-electron chi connectivity index (χ0n) is 84.6. The molecule has 0 heterocycles. The minimum absolute atomic E-state index is 0.691.